The minimum Gasteiger partial charge on any atom is -0.347 e. The Bertz CT molecular complexity index is 411. The Morgan fingerprint density at radius 3 is 2.41 bits per heavy atom. The van der Waals surface area contributed by atoms with Crippen LogP contribution in [0.4, 0.5) is 4.39 Å². The lowest BCUT2D eigenvalue weighted by Gasteiger charge is -2.28. The van der Waals surface area contributed by atoms with Crippen molar-refractivity contribution >= 4 is 5.91 Å². The third-order valence-electron chi connectivity index (χ3n) is 3.35. The molecule has 0 fully saturated rings. The lowest BCUT2D eigenvalue weighted by molar-refractivity contribution is 0.0897. The first-order valence-corrected chi connectivity index (χ1v) is 6.00. The molecule has 0 heterocycles. The predicted molar refractivity (Wildman–Crippen MR) is 67.6 cm³/mol. The van der Waals surface area contributed by atoms with Crippen LogP contribution >= 0.6 is 0 Å². The highest BCUT2D eigenvalue weighted by molar-refractivity contribution is 5.95. The Morgan fingerprint density at radius 1 is 1.35 bits per heavy atom. The lowest BCUT2D eigenvalue weighted by atomic mass is 9.95. The number of halogens is 1. The van der Waals surface area contributed by atoms with Crippen molar-refractivity contribution in [3.63, 3.8) is 0 Å². The maximum atomic E-state index is 13.6. The van der Waals surface area contributed by atoms with Gasteiger partial charge in [-0.3, -0.25) is 4.79 Å². The van der Waals surface area contributed by atoms with Gasteiger partial charge in [-0.05, 0) is 44.4 Å². The molecule has 1 amide bonds. The molecule has 1 aromatic rings. The molecule has 0 aliphatic carbocycles. The number of carbonyl (C=O) groups is 1. The van der Waals surface area contributed by atoms with Crippen molar-refractivity contribution in [2.24, 2.45) is 0 Å². The zero-order valence-corrected chi connectivity index (χ0v) is 10.9. The van der Waals surface area contributed by atoms with E-state index in [0.717, 1.165) is 18.4 Å². The van der Waals surface area contributed by atoms with Crippen molar-refractivity contribution in [1.82, 2.24) is 5.32 Å². The number of nitrogens with one attached hydrogen (secondary N) is 1. The number of rotatable bonds is 4. The summed E-state index contributed by atoms with van der Waals surface area (Å²) in [6.45, 7) is 7.79. The molecular weight excluding hydrogens is 217 g/mol. The van der Waals surface area contributed by atoms with Crippen LogP contribution in [0.3, 0.4) is 0 Å². The summed E-state index contributed by atoms with van der Waals surface area (Å²) < 4.78 is 13.6. The zero-order valence-electron chi connectivity index (χ0n) is 10.9. The van der Waals surface area contributed by atoms with Gasteiger partial charge in [0.2, 0.25) is 0 Å². The van der Waals surface area contributed by atoms with Gasteiger partial charge in [0.25, 0.3) is 5.91 Å². The molecule has 0 unspecified atom stereocenters. The van der Waals surface area contributed by atoms with E-state index >= 15 is 0 Å². The number of carbonyl (C=O) groups excluding carboxylic acids is 1. The Kier molecular flexibility index (Phi) is 4.27. The summed E-state index contributed by atoms with van der Waals surface area (Å²) in [6.07, 6.45) is 1.64. The molecule has 0 bridgehead atoms. The van der Waals surface area contributed by atoms with Crippen molar-refractivity contribution in [2.75, 3.05) is 0 Å². The maximum absolute atomic E-state index is 13.6. The van der Waals surface area contributed by atoms with E-state index in [-0.39, 0.29) is 17.0 Å². The number of aryl methyl sites for hydroxylation is 1. The van der Waals surface area contributed by atoms with Crippen molar-refractivity contribution in [2.45, 2.75) is 46.1 Å². The van der Waals surface area contributed by atoms with E-state index in [1.807, 2.05) is 20.8 Å². The first-order valence-electron chi connectivity index (χ1n) is 6.00. The smallest absolute Gasteiger partial charge is 0.254 e. The topological polar surface area (TPSA) is 29.1 Å². The average molecular weight is 237 g/mol. The molecule has 0 atom stereocenters. The van der Waals surface area contributed by atoms with E-state index in [2.05, 4.69) is 5.32 Å². The fourth-order valence-corrected chi connectivity index (χ4v) is 1.57. The van der Waals surface area contributed by atoms with E-state index in [9.17, 15) is 9.18 Å². The zero-order chi connectivity index (χ0) is 13.1. The minimum atomic E-state index is -0.461. The number of benzene rings is 1. The van der Waals surface area contributed by atoms with Crippen LogP contribution in [0.25, 0.3) is 0 Å². The van der Waals surface area contributed by atoms with Crippen molar-refractivity contribution in [1.29, 1.82) is 0 Å². The summed E-state index contributed by atoms with van der Waals surface area (Å²) in [5.41, 5.74) is 0.658. The van der Waals surface area contributed by atoms with Crippen molar-refractivity contribution in [3.05, 3.63) is 35.1 Å². The van der Waals surface area contributed by atoms with Crippen LogP contribution < -0.4 is 5.32 Å². The highest BCUT2D eigenvalue weighted by Gasteiger charge is 2.23. The third-order valence-corrected chi connectivity index (χ3v) is 3.35. The van der Waals surface area contributed by atoms with Gasteiger partial charge in [-0.1, -0.05) is 19.9 Å². The van der Waals surface area contributed by atoms with Gasteiger partial charge in [-0.25, -0.2) is 4.39 Å². The largest absolute Gasteiger partial charge is 0.347 e. The maximum Gasteiger partial charge on any atom is 0.254 e. The van der Waals surface area contributed by atoms with Crippen LogP contribution in [0.1, 0.15) is 49.5 Å². The van der Waals surface area contributed by atoms with Gasteiger partial charge < -0.3 is 5.32 Å². The Balaban J connectivity index is 2.90. The van der Waals surface area contributed by atoms with Gasteiger partial charge in [0.05, 0.1) is 5.56 Å². The summed E-state index contributed by atoms with van der Waals surface area (Å²) in [7, 11) is 0. The second kappa shape index (κ2) is 5.30. The molecule has 0 saturated carbocycles. The summed E-state index contributed by atoms with van der Waals surface area (Å²) in [5, 5.41) is 2.89. The Hall–Kier alpha value is -1.38. The molecule has 17 heavy (non-hydrogen) atoms. The standard InChI is InChI=1S/C14H20FNO/c1-5-14(4,6-2)16-13(17)11-8-7-10(3)9-12(11)15/h7-9H,5-6H2,1-4H3,(H,16,17). The predicted octanol–water partition coefficient (Wildman–Crippen LogP) is 3.44. The molecule has 3 heteroatoms. The van der Waals surface area contributed by atoms with E-state index in [1.165, 1.54) is 12.1 Å². The molecule has 0 saturated heterocycles. The number of hydrogen-bond acceptors (Lipinski definition) is 1. The highest BCUT2D eigenvalue weighted by atomic mass is 19.1. The second-order valence-electron chi connectivity index (χ2n) is 4.71. The lowest BCUT2D eigenvalue weighted by Crippen LogP contribution is -2.45. The minimum absolute atomic E-state index is 0.115. The fraction of sp³-hybridized carbons (Fsp3) is 0.500. The third kappa shape index (κ3) is 3.29. The van der Waals surface area contributed by atoms with E-state index < -0.39 is 5.82 Å². The molecule has 1 aromatic carbocycles. The quantitative estimate of drug-likeness (QED) is 0.854. The Labute approximate surface area is 102 Å². The van der Waals surface area contributed by atoms with Crippen LogP contribution in [0.15, 0.2) is 18.2 Å². The van der Waals surface area contributed by atoms with Crippen LogP contribution in [0.5, 0.6) is 0 Å². The summed E-state index contributed by atoms with van der Waals surface area (Å²) in [4.78, 5) is 12.0. The molecule has 0 aliphatic heterocycles. The first kappa shape index (κ1) is 13.7. The van der Waals surface area contributed by atoms with Gasteiger partial charge in [0.15, 0.2) is 0 Å². The molecule has 2 nitrogen and oxygen atoms in total. The molecule has 0 aromatic heterocycles. The van der Waals surface area contributed by atoms with E-state index in [4.69, 9.17) is 0 Å². The van der Waals surface area contributed by atoms with Gasteiger partial charge in [0, 0.05) is 5.54 Å². The van der Waals surface area contributed by atoms with Gasteiger partial charge in [-0.15, -0.1) is 0 Å². The highest BCUT2D eigenvalue weighted by Crippen LogP contribution is 2.16. The monoisotopic (exact) mass is 237 g/mol. The normalized spacial score (nSPS) is 11.4. The molecule has 1 rings (SSSR count). The van der Waals surface area contributed by atoms with Crippen molar-refractivity contribution < 1.29 is 9.18 Å². The molecule has 0 aliphatic rings. The molecule has 0 spiro atoms. The molecule has 1 N–H and O–H groups in total. The molecular formula is C14H20FNO. The van der Waals surface area contributed by atoms with Gasteiger partial charge in [0.1, 0.15) is 5.82 Å². The SMILES string of the molecule is CCC(C)(CC)NC(=O)c1ccc(C)cc1F. The van der Waals surface area contributed by atoms with Gasteiger partial charge >= 0.3 is 0 Å². The second-order valence-corrected chi connectivity index (χ2v) is 4.71. The Morgan fingerprint density at radius 2 is 1.94 bits per heavy atom. The molecule has 0 radical (unpaired) electrons. The fourth-order valence-electron chi connectivity index (χ4n) is 1.57. The van der Waals surface area contributed by atoms with Gasteiger partial charge in [-0.2, -0.15) is 0 Å². The van der Waals surface area contributed by atoms with E-state index in [1.54, 1.807) is 13.0 Å². The number of amides is 1. The van der Waals surface area contributed by atoms with Crippen LogP contribution in [0.2, 0.25) is 0 Å². The summed E-state index contributed by atoms with van der Waals surface area (Å²) in [6, 6.07) is 4.66. The number of hydrogen-bond donors (Lipinski definition) is 1. The first-order chi connectivity index (χ1) is 7.91. The summed E-state index contributed by atoms with van der Waals surface area (Å²) in [5.74, 6) is -0.800. The van der Waals surface area contributed by atoms with Crippen LogP contribution in [0, 0.1) is 12.7 Å². The van der Waals surface area contributed by atoms with Crippen LogP contribution in [-0.2, 0) is 0 Å². The summed E-state index contributed by atoms with van der Waals surface area (Å²) >= 11 is 0. The van der Waals surface area contributed by atoms with Crippen molar-refractivity contribution in [3.8, 4) is 0 Å². The molecule has 94 valence electrons. The average Bonchev–Trinajstić information content (AvgIpc) is 2.28. The van der Waals surface area contributed by atoms with E-state index in [0.29, 0.717) is 0 Å². The van der Waals surface area contributed by atoms with Crippen LogP contribution in [-0.4, -0.2) is 11.4 Å².